The van der Waals surface area contributed by atoms with E-state index in [0.29, 0.717) is 22.8 Å². The van der Waals surface area contributed by atoms with Crippen LogP contribution in [0.1, 0.15) is 5.56 Å². The Morgan fingerprint density at radius 1 is 1.11 bits per heavy atom. The average Bonchev–Trinajstić information content (AvgIpc) is 2.38. The maximum absolute atomic E-state index is 9.90. The van der Waals surface area contributed by atoms with Crippen LogP contribution in [-0.4, -0.2) is 24.3 Å². The Bertz CT molecular complexity index is 542. The zero-order valence-electron chi connectivity index (χ0n) is 10.6. The average molecular weight is 245 g/mol. The second-order valence-electron chi connectivity index (χ2n) is 3.92. The molecule has 2 aromatic rings. The number of hydrogen-bond acceptors (Lipinski definition) is 4. The van der Waals surface area contributed by atoms with Crippen molar-refractivity contribution < 1.29 is 14.6 Å². The van der Waals surface area contributed by atoms with Crippen LogP contribution in [0.15, 0.2) is 30.5 Å². The molecule has 0 aliphatic rings. The van der Waals surface area contributed by atoms with Crippen molar-refractivity contribution in [2.24, 2.45) is 0 Å². The first-order chi connectivity index (χ1) is 8.67. The van der Waals surface area contributed by atoms with Crippen LogP contribution in [0.3, 0.4) is 0 Å². The van der Waals surface area contributed by atoms with Crippen LogP contribution in [0.2, 0.25) is 0 Å². The first-order valence-corrected chi connectivity index (χ1v) is 5.54. The van der Waals surface area contributed by atoms with Gasteiger partial charge in [0.25, 0.3) is 0 Å². The van der Waals surface area contributed by atoms with Crippen molar-refractivity contribution in [2.75, 3.05) is 14.2 Å². The fourth-order valence-corrected chi connectivity index (χ4v) is 1.87. The highest BCUT2D eigenvalue weighted by atomic mass is 16.5. The molecule has 0 aliphatic carbocycles. The standard InChI is InChI=1S/C14H15NO3/c1-9-7-11(17-2)13(12(8-9)18-3)14-10(16)5-4-6-15-14/h4-8,16H,1-3H3. The molecule has 0 radical (unpaired) electrons. The van der Waals surface area contributed by atoms with Crippen LogP contribution in [-0.2, 0) is 0 Å². The number of methoxy groups -OCH3 is 2. The van der Waals surface area contributed by atoms with Crippen LogP contribution < -0.4 is 9.47 Å². The minimum absolute atomic E-state index is 0.0953. The first-order valence-electron chi connectivity index (χ1n) is 5.54. The Balaban J connectivity index is 2.73. The van der Waals surface area contributed by atoms with Gasteiger partial charge >= 0.3 is 0 Å². The van der Waals surface area contributed by atoms with Crippen molar-refractivity contribution in [2.45, 2.75) is 6.92 Å². The summed E-state index contributed by atoms with van der Waals surface area (Å²) in [6.07, 6.45) is 1.62. The van der Waals surface area contributed by atoms with E-state index < -0.39 is 0 Å². The van der Waals surface area contributed by atoms with Gasteiger partial charge in [-0.05, 0) is 36.8 Å². The molecule has 0 aliphatic heterocycles. The minimum Gasteiger partial charge on any atom is -0.506 e. The largest absolute Gasteiger partial charge is 0.506 e. The number of pyridine rings is 1. The summed E-state index contributed by atoms with van der Waals surface area (Å²) in [5.41, 5.74) is 2.12. The lowest BCUT2D eigenvalue weighted by molar-refractivity contribution is 0.395. The van der Waals surface area contributed by atoms with Gasteiger partial charge in [0.1, 0.15) is 22.9 Å². The van der Waals surface area contributed by atoms with Gasteiger partial charge < -0.3 is 14.6 Å². The van der Waals surface area contributed by atoms with Gasteiger partial charge in [-0.2, -0.15) is 0 Å². The predicted octanol–water partition coefficient (Wildman–Crippen LogP) is 2.78. The summed E-state index contributed by atoms with van der Waals surface area (Å²) in [6.45, 7) is 1.95. The van der Waals surface area contributed by atoms with Gasteiger partial charge in [0.05, 0.1) is 19.8 Å². The van der Waals surface area contributed by atoms with Crippen LogP contribution in [0, 0.1) is 6.92 Å². The summed E-state index contributed by atoms with van der Waals surface area (Å²) in [4.78, 5) is 4.19. The van der Waals surface area contributed by atoms with E-state index in [4.69, 9.17) is 9.47 Å². The second-order valence-corrected chi connectivity index (χ2v) is 3.92. The molecule has 1 heterocycles. The highest BCUT2D eigenvalue weighted by Crippen LogP contribution is 2.41. The molecule has 0 atom stereocenters. The topological polar surface area (TPSA) is 51.6 Å². The molecule has 0 spiro atoms. The van der Waals surface area contributed by atoms with E-state index in [-0.39, 0.29) is 5.75 Å². The second kappa shape index (κ2) is 4.96. The maximum atomic E-state index is 9.90. The molecule has 94 valence electrons. The van der Waals surface area contributed by atoms with Crippen LogP contribution >= 0.6 is 0 Å². The highest BCUT2D eigenvalue weighted by Gasteiger charge is 2.17. The van der Waals surface area contributed by atoms with Crippen molar-refractivity contribution >= 4 is 0 Å². The number of benzene rings is 1. The van der Waals surface area contributed by atoms with Gasteiger partial charge in [-0.25, -0.2) is 0 Å². The Hall–Kier alpha value is -2.23. The Morgan fingerprint density at radius 2 is 1.72 bits per heavy atom. The molecule has 0 fully saturated rings. The van der Waals surface area contributed by atoms with Crippen molar-refractivity contribution in [3.63, 3.8) is 0 Å². The van der Waals surface area contributed by atoms with Gasteiger partial charge in [0, 0.05) is 6.20 Å². The molecule has 0 saturated carbocycles. The SMILES string of the molecule is COc1cc(C)cc(OC)c1-c1ncccc1O. The highest BCUT2D eigenvalue weighted by molar-refractivity contribution is 5.78. The number of aromatic hydroxyl groups is 1. The van der Waals surface area contributed by atoms with Crippen LogP contribution in [0.25, 0.3) is 11.3 Å². The lowest BCUT2D eigenvalue weighted by Gasteiger charge is -2.14. The van der Waals surface area contributed by atoms with E-state index in [1.165, 1.54) is 0 Å². The van der Waals surface area contributed by atoms with Gasteiger partial charge in [-0.15, -0.1) is 0 Å². The number of rotatable bonds is 3. The zero-order valence-corrected chi connectivity index (χ0v) is 10.6. The van der Waals surface area contributed by atoms with Crippen molar-refractivity contribution in [3.05, 3.63) is 36.0 Å². The summed E-state index contributed by atoms with van der Waals surface area (Å²) in [5, 5.41) is 9.90. The van der Waals surface area contributed by atoms with E-state index in [1.807, 2.05) is 19.1 Å². The van der Waals surface area contributed by atoms with Gasteiger partial charge in [0.15, 0.2) is 0 Å². The van der Waals surface area contributed by atoms with Gasteiger partial charge in [0.2, 0.25) is 0 Å². The maximum Gasteiger partial charge on any atom is 0.142 e. The normalized spacial score (nSPS) is 10.2. The Morgan fingerprint density at radius 3 is 2.22 bits per heavy atom. The summed E-state index contributed by atoms with van der Waals surface area (Å²) < 4.78 is 10.7. The zero-order chi connectivity index (χ0) is 13.1. The van der Waals surface area contributed by atoms with Crippen molar-refractivity contribution in [3.8, 4) is 28.5 Å². The molecule has 18 heavy (non-hydrogen) atoms. The molecule has 4 nitrogen and oxygen atoms in total. The molecule has 0 amide bonds. The summed E-state index contributed by atoms with van der Waals surface area (Å²) in [6, 6.07) is 7.02. The van der Waals surface area contributed by atoms with Gasteiger partial charge in [-0.1, -0.05) is 0 Å². The third kappa shape index (κ3) is 2.09. The molecular weight excluding hydrogens is 230 g/mol. The van der Waals surface area contributed by atoms with E-state index in [9.17, 15) is 5.11 Å². The van der Waals surface area contributed by atoms with Crippen LogP contribution in [0.4, 0.5) is 0 Å². The van der Waals surface area contributed by atoms with Crippen molar-refractivity contribution in [1.82, 2.24) is 4.98 Å². The molecule has 1 aromatic carbocycles. The van der Waals surface area contributed by atoms with E-state index >= 15 is 0 Å². The van der Waals surface area contributed by atoms with E-state index in [2.05, 4.69) is 4.98 Å². The van der Waals surface area contributed by atoms with E-state index in [0.717, 1.165) is 5.56 Å². The molecule has 0 saturated heterocycles. The van der Waals surface area contributed by atoms with Crippen LogP contribution in [0.5, 0.6) is 17.2 Å². The van der Waals surface area contributed by atoms with E-state index in [1.54, 1.807) is 32.5 Å². The van der Waals surface area contributed by atoms with Gasteiger partial charge in [-0.3, -0.25) is 4.98 Å². The number of aryl methyl sites for hydroxylation is 1. The summed E-state index contributed by atoms with van der Waals surface area (Å²) in [5.74, 6) is 1.35. The third-order valence-electron chi connectivity index (χ3n) is 2.67. The number of hydrogen-bond donors (Lipinski definition) is 1. The Kier molecular flexibility index (Phi) is 3.37. The predicted molar refractivity (Wildman–Crippen MR) is 69.2 cm³/mol. The number of aromatic nitrogens is 1. The monoisotopic (exact) mass is 245 g/mol. The lowest BCUT2D eigenvalue weighted by Crippen LogP contribution is -1.96. The summed E-state index contributed by atoms with van der Waals surface area (Å²) >= 11 is 0. The molecule has 1 aromatic heterocycles. The fraction of sp³-hybridized carbons (Fsp3) is 0.214. The Labute approximate surface area is 106 Å². The number of ether oxygens (including phenoxy) is 2. The molecule has 4 heteroatoms. The van der Waals surface area contributed by atoms with Crippen molar-refractivity contribution in [1.29, 1.82) is 0 Å². The smallest absolute Gasteiger partial charge is 0.142 e. The number of nitrogens with zero attached hydrogens (tertiary/aromatic N) is 1. The minimum atomic E-state index is 0.0953. The quantitative estimate of drug-likeness (QED) is 0.903. The molecule has 0 bridgehead atoms. The summed E-state index contributed by atoms with van der Waals surface area (Å²) in [7, 11) is 3.16. The first kappa shape index (κ1) is 12.2. The molecule has 1 N–H and O–H groups in total. The third-order valence-corrected chi connectivity index (χ3v) is 2.67. The molecular formula is C14H15NO3. The molecule has 0 unspecified atom stereocenters. The lowest BCUT2D eigenvalue weighted by atomic mass is 10.0. The molecule has 2 rings (SSSR count). The fourth-order valence-electron chi connectivity index (χ4n) is 1.87.